The number of nitrogens with zero attached hydrogens (tertiary/aromatic N) is 1. The molecule has 0 atom stereocenters. The van der Waals surface area contributed by atoms with E-state index in [9.17, 15) is 9.18 Å². The van der Waals surface area contributed by atoms with Crippen LogP contribution in [0.3, 0.4) is 0 Å². The van der Waals surface area contributed by atoms with E-state index in [0.29, 0.717) is 28.8 Å². The zero-order valence-electron chi connectivity index (χ0n) is 11.2. The second-order valence-corrected chi connectivity index (χ2v) is 5.17. The molecule has 110 valence electrons. The number of halogens is 2. The number of hydrogen-bond acceptors (Lipinski definition) is 3. The van der Waals surface area contributed by atoms with Crippen molar-refractivity contribution in [3.8, 4) is 0 Å². The normalized spacial score (nSPS) is 11.4. The third kappa shape index (κ3) is 5.69. The number of hydrogen-bond donors (Lipinski definition) is 1. The molecule has 0 amide bonds. The molecule has 0 fully saturated rings. The van der Waals surface area contributed by atoms with Gasteiger partial charge in [0.15, 0.2) is 0 Å². The van der Waals surface area contributed by atoms with Gasteiger partial charge in [0.05, 0.1) is 10.2 Å². The Labute approximate surface area is 125 Å². The molecule has 1 aromatic carbocycles. The van der Waals surface area contributed by atoms with Gasteiger partial charge in [-0.1, -0.05) is 17.3 Å². The minimum absolute atomic E-state index is 0.172. The number of aliphatic carboxylic acids is 1. The molecule has 1 N–H and O–H groups in total. The Hall–Kier alpha value is -1.43. The SMILES string of the molecule is CC(=NOCCCCCC(=O)O)c1cccc(Br)c1F. The molecule has 0 radical (unpaired) electrons. The maximum Gasteiger partial charge on any atom is 0.303 e. The number of rotatable bonds is 8. The smallest absolute Gasteiger partial charge is 0.303 e. The fraction of sp³-hybridized carbons (Fsp3) is 0.429. The fourth-order valence-electron chi connectivity index (χ4n) is 1.59. The highest BCUT2D eigenvalue weighted by Gasteiger charge is 2.08. The topological polar surface area (TPSA) is 58.9 Å². The van der Waals surface area contributed by atoms with E-state index in [1.54, 1.807) is 25.1 Å². The molecule has 0 spiro atoms. The predicted molar refractivity (Wildman–Crippen MR) is 78.4 cm³/mol. The summed E-state index contributed by atoms with van der Waals surface area (Å²) in [6, 6.07) is 4.98. The van der Waals surface area contributed by atoms with Gasteiger partial charge in [-0.25, -0.2) is 4.39 Å². The number of oxime groups is 1. The third-order valence-electron chi connectivity index (χ3n) is 2.67. The molecule has 0 aromatic heterocycles. The van der Waals surface area contributed by atoms with E-state index in [1.165, 1.54) is 0 Å². The van der Waals surface area contributed by atoms with Crippen LogP contribution < -0.4 is 0 Å². The third-order valence-corrected chi connectivity index (χ3v) is 3.28. The van der Waals surface area contributed by atoms with E-state index in [1.807, 2.05) is 0 Å². The molecular formula is C14H17BrFNO3. The first-order valence-electron chi connectivity index (χ1n) is 6.35. The Morgan fingerprint density at radius 3 is 2.85 bits per heavy atom. The highest BCUT2D eigenvalue weighted by atomic mass is 79.9. The lowest BCUT2D eigenvalue weighted by Crippen LogP contribution is -2.01. The quantitative estimate of drug-likeness (QED) is 0.440. The minimum Gasteiger partial charge on any atom is -0.481 e. The number of carboxylic acid groups (broad SMARTS) is 1. The molecule has 0 aliphatic rings. The number of carboxylic acids is 1. The standard InChI is InChI=1S/C14H17BrFNO3/c1-10(11-6-5-7-12(15)14(11)16)17-20-9-4-2-3-8-13(18)19/h5-7H,2-4,8-9H2,1H3,(H,18,19). The van der Waals surface area contributed by atoms with Crippen molar-refractivity contribution < 1.29 is 19.1 Å². The van der Waals surface area contributed by atoms with Crippen LogP contribution in [0.1, 0.15) is 38.2 Å². The van der Waals surface area contributed by atoms with E-state index in [2.05, 4.69) is 21.1 Å². The lowest BCUT2D eigenvalue weighted by atomic mass is 10.1. The van der Waals surface area contributed by atoms with Crippen molar-refractivity contribution in [2.45, 2.75) is 32.6 Å². The van der Waals surface area contributed by atoms with Gasteiger partial charge in [-0.3, -0.25) is 4.79 Å². The van der Waals surface area contributed by atoms with Crippen LogP contribution in [-0.4, -0.2) is 23.4 Å². The van der Waals surface area contributed by atoms with Crippen molar-refractivity contribution >= 4 is 27.6 Å². The van der Waals surface area contributed by atoms with E-state index >= 15 is 0 Å². The Balaban J connectivity index is 2.35. The summed E-state index contributed by atoms with van der Waals surface area (Å²) in [4.78, 5) is 15.4. The zero-order valence-corrected chi connectivity index (χ0v) is 12.8. The average molecular weight is 346 g/mol. The van der Waals surface area contributed by atoms with Gasteiger partial charge in [-0.2, -0.15) is 0 Å². The first kappa shape index (κ1) is 16.6. The van der Waals surface area contributed by atoms with Crippen LogP contribution in [0.2, 0.25) is 0 Å². The van der Waals surface area contributed by atoms with Gasteiger partial charge in [-0.15, -0.1) is 0 Å². The van der Waals surface area contributed by atoms with Crippen LogP contribution in [0, 0.1) is 5.82 Å². The summed E-state index contributed by atoms with van der Waals surface area (Å²) in [6.45, 7) is 2.07. The Morgan fingerprint density at radius 1 is 1.40 bits per heavy atom. The van der Waals surface area contributed by atoms with E-state index in [0.717, 1.165) is 12.8 Å². The van der Waals surface area contributed by atoms with Crippen molar-refractivity contribution in [1.82, 2.24) is 0 Å². The Kier molecular flexibility index (Phi) is 7.22. The Morgan fingerprint density at radius 2 is 2.15 bits per heavy atom. The second-order valence-electron chi connectivity index (χ2n) is 4.32. The highest BCUT2D eigenvalue weighted by molar-refractivity contribution is 9.10. The van der Waals surface area contributed by atoms with Crippen molar-refractivity contribution in [1.29, 1.82) is 0 Å². The first-order valence-corrected chi connectivity index (χ1v) is 7.14. The van der Waals surface area contributed by atoms with Crippen molar-refractivity contribution in [2.75, 3.05) is 6.61 Å². The largest absolute Gasteiger partial charge is 0.481 e. The monoisotopic (exact) mass is 345 g/mol. The summed E-state index contributed by atoms with van der Waals surface area (Å²) < 4.78 is 14.2. The molecule has 6 heteroatoms. The van der Waals surface area contributed by atoms with Crippen LogP contribution in [-0.2, 0) is 9.63 Å². The van der Waals surface area contributed by atoms with Crippen molar-refractivity contribution in [3.05, 3.63) is 34.1 Å². The van der Waals surface area contributed by atoms with Gasteiger partial charge in [-0.05, 0) is 48.2 Å². The molecule has 0 aliphatic carbocycles. The maximum absolute atomic E-state index is 13.8. The van der Waals surface area contributed by atoms with Gasteiger partial charge < -0.3 is 9.94 Å². The number of carbonyl (C=O) groups is 1. The van der Waals surface area contributed by atoms with E-state index in [4.69, 9.17) is 9.94 Å². The molecule has 0 saturated heterocycles. The van der Waals surface area contributed by atoms with Crippen LogP contribution >= 0.6 is 15.9 Å². The molecular weight excluding hydrogens is 329 g/mol. The lowest BCUT2D eigenvalue weighted by molar-refractivity contribution is -0.137. The summed E-state index contributed by atoms with van der Waals surface area (Å²) in [5.74, 6) is -1.15. The van der Waals surface area contributed by atoms with Gasteiger partial charge in [0.1, 0.15) is 12.4 Å². The predicted octanol–water partition coefficient (Wildman–Crippen LogP) is 3.97. The molecule has 1 aromatic rings. The van der Waals surface area contributed by atoms with Crippen molar-refractivity contribution in [2.24, 2.45) is 5.16 Å². The molecule has 0 unspecified atom stereocenters. The maximum atomic E-state index is 13.8. The van der Waals surface area contributed by atoms with Gasteiger partial charge >= 0.3 is 5.97 Å². The molecule has 0 bridgehead atoms. The zero-order chi connectivity index (χ0) is 15.0. The minimum atomic E-state index is -0.787. The molecule has 20 heavy (non-hydrogen) atoms. The number of benzene rings is 1. The van der Waals surface area contributed by atoms with Crippen LogP contribution in [0.4, 0.5) is 4.39 Å². The molecule has 1 rings (SSSR count). The van der Waals surface area contributed by atoms with E-state index in [-0.39, 0.29) is 12.2 Å². The highest BCUT2D eigenvalue weighted by Crippen LogP contribution is 2.19. The average Bonchev–Trinajstić information content (AvgIpc) is 2.40. The summed E-state index contributed by atoms with van der Waals surface area (Å²) >= 11 is 3.12. The lowest BCUT2D eigenvalue weighted by Gasteiger charge is -2.04. The van der Waals surface area contributed by atoms with Gasteiger partial charge in [0, 0.05) is 12.0 Å². The van der Waals surface area contributed by atoms with Crippen molar-refractivity contribution in [3.63, 3.8) is 0 Å². The first-order chi connectivity index (χ1) is 9.52. The van der Waals surface area contributed by atoms with Gasteiger partial charge in [0.2, 0.25) is 0 Å². The van der Waals surface area contributed by atoms with Crippen LogP contribution in [0.25, 0.3) is 0 Å². The van der Waals surface area contributed by atoms with Gasteiger partial charge in [0.25, 0.3) is 0 Å². The summed E-state index contributed by atoms with van der Waals surface area (Å²) in [6.07, 6.45) is 2.30. The molecule has 4 nitrogen and oxygen atoms in total. The van der Waals surface area contributed by atoms with E-state index < -0.39 is 5.97 Å². The second kappa shape index (κ2) is 8.68. The fourth-order valence-corrected chi connectivity index (χ4v) is 1.96. The summed E-state index contributed by atoms with van der Waals surface area (Å²) in [7, 11) is 0. The molecule has 0 saturated carbocycles. The summed E-state index contributed by atoms with van der Waals surface area (Å²) in [5, 5.41) is 12.3. The Bertz CT molecular complexity index is 491. The van der Waals surface area contributed by atoms with Crippen LogP contribution in [0.15, 0.2) is 27.8 Å². The molecule has 0 aliphatic heterocycles. The number of unbranched alkanes of at least 4 members (excludes halogenated alkanes) is 2. The van der Waals surface area contributed by atoms with Crippen LogP contribution in [0.5, 0.6) is 0 Å². The summed E-state index contributed by atoms with van der Waals surface area (Å²) in [5.41, 5.74) is 0.861. The molecule has 0 heterocycles.